The molecule has 0 saturated heterocycles. The van der Waals surface area contributed by atoms with Crippen LogP contribution in [0.4, 0.5) is 0 Å². The molecule has 0 heterocycles. The zero-order valence-corrected chi connectivity index (χ0v) is 13.7. The van der Waals surface area contributed by atoms with Gasteiger partial charge >= 0.3 is 0 Å². The number of unbranched alkanes of at least 4 members (excludes halogenated alkanes) is 3. The van der Waals surface area contributed by atoms with E-state index < -0.39 is 0 Å². The minimum Gasteiger partial charge on any atom is -0.409 e. The van der Waals surface area contributed by atoms with Crippen molar-refractivity contribution >= 4 is 17.4 Å². The second kappa shape index (κ2) is 9.64. The monoisotopic (exact) mass is 311 g/mol. The molecular weight excluding hydrogens is 286 g/mol. The van der Waals surface area contributed by atoms with Crippen LogP contribution in [0.1, 0.15) is 57.1 Å². The zero-order chi connectivity index (χ0) is 15.7. The third-order valence-corrected chi connectivity index (χ3v) is 3.94. The molecule has 0 fully saturated rings. The predicted octanol–water partition coefficient (Wildman–Crippen LogP) is 3.88. The lowest BCUT2D eigenvalue weighted by atomic mass is 10.1. The van der Waals surface area contributed by atoms with Crippen molar-refractivity contribution in [3.05, 3.63) is 34.3 Å². The van der Waals surface area contributed by atoms with Gasteiger partial charge in [-0.3, -0.25) is 0 Å². The Balaban J connectivity index is 2.45. The van der Waals surface area contributed by atoms with Crippen LogP contribution in [0.2, 0.25) is 5.02 Å². The highest BCUT2D eigenvalue weighted by atomic mass is 35.5. The van der Waals surface area contributed by atoms with E-state index in [0.717, 1.165) is 12.1 Å². The molecule has 1 rings (SSSR count). The molecule has 0 aliphatic rings. The van der Waals surface area contributed by atoms with Gasteiger partial charge in [-0.2, -0.15) is 0 Å². The molecule has 0 aliphatic heterocycles. The summed E-state index contributed by atoms with van der Waals surface area (Å²) in [4.78, 5) is 0. The van der Waals surface area contributed by atoms with Gasteiger partial charge in [0.05, 0.1) is 0 Å². The van der Waals surface area contributed by atoms with Gasteiger partial charge in [0, 0.05) is 23.2 Å². The average Bonchev–Trinajstić information content (AvgIpc) is 2.49. The summed E-state index contributed by atoms with van der Waals surface area (Å²) in [5.74, 6) is 0.0701. The molecule has 5 heteroatoms. The van der Waals surface area contributed by atoms with E-state index in [1.165, 1.54) is 32.1 Å². The minimum atomic E-state index is 0.0701. The average molecular weight is 312 g/mol. The van der Waals surface area contributed by atoms with Crippen molar-refractivity contribution < 1.29 is 5.21 Å². The summed E-state index contributed by atoms with van der Waals surface area (Å²) in [5.41, 5.74) is 7.18. The van der Waals surface area contributed by atoms with E-state index in [0.29, 0.717) is 16.6 Å². The second-order valence-electron chi connectivity index (χ2n) is 5.42. The molecule has 1 aromatic carbocycles. The van der Waals surface area contributed by atoms with E-state index in [1.807, 2.05) is 12.1 Å². The summed E-state index contributed by atoms with van der Waals surface area (Å²) in [5, 5.41) is 15.7. The van der Waals surface area contributed by atoms with Gasteiger partial charge in [-0.05, 0) is 25.0 Å². The first-order valence-electron chi connectivity index (χ1n) is 7.58. The lowest BCUT2D eigenvalue weighted by Gasteiger charge is -2.14. The van der Waals surface area contributed by atoms with Crippen molar-refractivity contribution in [2.24, 2.45) is 10.9 Å². The molecule has 21 heavy (non-hydrogen) atoms. The van der Waals surface area contributed by atoms with Crippen LogP contribution in [-0.2, 0) is 6.54 Å². The number of amidine groups is 1. The molecule has 0 spiro atoms. The van der Waals surface area contributed by atoms with Crippen LogP contribution in [0.15, 0.2) is 23.4 Å². The van der Waals surface area contributed by atoms with Gasteiger partial charge in [0.1, 0.15) is 0 Å². The summed E-state index contributed by atoms with van der Waals surface area (Å²) < 4.78 is 0. The number of hydrogen-bond acceptors (Lipinski definition) is 3. The maximum absolute atomic E-state index is 8.65. The lowest BCUT2D eigenvalue weighted by molar-refractivity contribution is 0.318. The van der Waals surface area contributed by atoms with Gasteiger partial charge in [-0.25, -0.2) is 0 Å². The number of nitrogens with one attached hydrogen (secondary N) is 1. The van der Waals surface area contributed by atoms with Crippen LogP contribution in [0.25, 0.3) is 0 Å². The molecule has 4 N–H and O–H groups in total. The Morgan fingerprint density at radius 2 is 2.14 bits per heavy atom. The van der Waals surface area contributed by atoms with E-state index in [-0.39, 0.29) is 5.84 Å². The van der Waals surface area contributed by atoms with E-state index >= 15 is 0 Å². The molecule has 0 saturated carbocycles. The lowest BCUT2D eigenvalue weighted by Crippen LogP contribution is -2.25. The number of hydrogen-bond donors (Lipinski definition) is 3. The number of oxime groups is 1. The Bertz CT molecular complexity index is 463. The summed E-state index contributed by atoms with van der Waals surface area (Å²) in [6.45, 7) is 5.15. The Labute approximate surface area is 132 Å². The fraction of sp³-hybridized carbons (Fsp3) is 0.562. The molecule has 0 aromatic heterocycles. The predicted molar refractivity (Wildman–Crippen MR) is 89.0 cm³/mol. The quantitative estimate of drug-likeness (QED) is 0.213. The fourth-order valence-corrected chi connectivity index (χ4v) is 2.42. The zero-order valence-electron chi connectivity index (χ0n) is 12.9. The summed E-state index contributed by atoms with van der Waals surface area (Å²) in [6.07, 6.45) is 6.33. The van der Waals surface area contributed by atoms with Crippen molar-refractivity contribution in [2.45, 2.75) is 58.5 Å². The topological polar surface area (TPSA) is 70.6 Å². The van der Waals surface area contributed by atoms with Crippen LogP contribution in [0.5, 0.6) is 0 Å². The first-order chi connectivity index (χ1) is 10.1. The molecule has 1 atom stereocenters. The molecular formula is C16H26ClN3O. The number of nitrogens with zero attached hydrogens (tertiary/aromatic N) is 1. The van der Waals surface area contributed by atoms with Crippen LogP contribution in [0, 0.1) is 0 Å². The van der Waals surface area contributed by atoms with Crippen LogP contribution in [0.3, 0.4) is 0 Å². The maximum atomic E-state index is 8.65. The highest BCUT2D eigenvalue weighted by molar-refractivity contribution is 6.31. The molecule has 118 valence electrons. The Morgan fingerprint density at radius 1 is 1.38 bits per heavy atom. The van der Waals surface area contributed by atoms with Crippen molar-refractivity contribution in [3.8, 4) is 0 Å². The third kappa shape index (κ3) is 6.36. The molecule has 1 aromatic rings. The maximum Gasteiger partial charge on any atom is 0.170 e. The van der Waals surface area contributed by atoms with Crippen molar-refractivity contribution in [3.63, 3.8) is 0 Å². The van der Waals surface area contributed by atoms with Gasteiger partial charge in [0.25, 0.3) is 0 Å². The van der Waals surface area contributed by atoms with Gasteiger partial charge in [0.15, 0.2) is 5.84 Å². The first-order valence-corrected chi connectivity index (χ1v) is 7.96. The van der Waals surface area contributed by atoms with E-state index in [1.54, 1.807) is 6.07 Å². The van der Waals surface area contributed by atoms with Gasteiger partial charge < -0.3 is 16.3 Å². The van der Waals surface area contributed by atoms with E-state index in [4.69, 9.17) is 22.5 Å². The number of halogens is 1. The Morgan fingerprint density at radius 3 is 2.76 bits per heavy atom. The van der Waals surface area contributed by atoms with Crippen LogP contribution >= 0.6 is 11.6 Å². The molecule has 4 nitrogen and oxygen atoms in total. The molecule has 1 unspecified atom stereocenters. The molecule has 0 amide bonds. The van der Waals surface area contributed by atoms with Crippen molar-refractivity contribution in [1.82, 2.24) is 5.32 Å². The SMILES string of the molecule is CCCCCCC(C)NCc1ccc(/C(N)=N/O)cc1Cl. The van der Waals surface area contributed by atoms with Gasteiger partial charge in [-0.1, -0.05) is 61.5 Å². The molecule has 0 bridgehead atoms. The summed E-state index contributed by atoms with van der Waals surface area (Å²) in [6, 6.07) is 5.91. The smallest absolute Gasteiger partial charge is 0.170 e. The Kier molecular flexibility index (Phi) is 8.16. The highest BCUT2D eigenvalue weighted by Crippen LogP contribution is 2.18. The van der Waals surface area contributed by atoms with Gasteiger partial charge in [-0.15, -0.1) is 0 Å². The third-order valence-electron chi connectivity index (χ3n) is 3.59. The summed E-state index contributed by atoms with van der Waals surface area (Å²) >= 11 is 6.23. The second-order valence-corrected chi connectivity index (χ2v) is 5.83. The minimum absolute atomic E-state index is 0.0701. The number of rotatable bonds is 9. The standard InChI is InChI=1S/C16H26ClN3O/c1-3-4-5-6-7-12(2)19-11-14-9-8-13(10-15(14)17)16(18)20-21/h8-10,12,19,21H,3-7,11H2,1-2H3,(H2,18,20). The van der Waals surface area contributed by atoms with Gasteiger partial charge in [0.2, 0.25) is 0 Å². The Hall–Kier alpha value is -1.26. The van der Waals surface area contributed by atoms with Crippen LogP contribution < -0.4 is 11.1 Å². The largest absolute Gasteiger partial charge is 0.409 e. The van der Waals surface area contributed by atoms with Crippen molar-refractivity contribution in [2.75, 3.05) is 0 Å². The molecule has 0 aliphatic carbocycles. The molecule has 0 radical (unpaired) electrons. The summed E-state index contributed by atoms with van der Waals surface area (Å²) in [7, 11) is 0. The number of benzene rings is 1. The first kappa shape index (κ1) is 17.8. The van der Waals surface area contributed by atoms with E-state index in [2.05, 4.69) is 24.3 Å². The number of nitrogens with two attached hydrogens (primary N) is 1. The van der Waals surface area contributed by atoms with E-state index in [9.17, 15) is 0 Å². The van der Waals surface area contributed by atoms with Crippen molar-refractivity contribution in [1.29, 1.82) is 0 Å². The fourth-order valence-electron chi connectivity index (χ4n) is 2.17. The highest BCUT2D eigenvalue weighted by Gasteiger charge is 2.07. The van der Waals surface area contributed by atoms with Crippen LogP contribution in [-0.4, -0.2) is 17.1 Å². The normalized spacial score (nSPS) is 13.4.